The Morgan fingerprint density at radius 3 is 2.00 bits per heavy atom. The minimum atomic E-state index is 0.406. The molecule has 0 spiro atoms. The predicted octanol–water partition coefficient (Wildman–Crippen LogP) is 3.79. The highest BCUT2D eigenvalue weighted by molar-refractivity contribution is 5.80. The summed E-state index contributed by atoms with van der Waals surface area (Å²) in [6.45, 7) is 0. The van der Waals surface area contributed by atoms with Gasteiger partial charge in [-0.25, -0.2) is 9.97 Å². The van der Waals surface area contributed by atoms with Gasteiger partial charge in [-0.2, -0.15) is 0 Å². The monoisotopic (exact) mass is 256 g/mol. The van der Waals surface area contributed by atoms with Gasteiger partial charge in [0.15, 0.2) is 0 Å². The smallest absolute Gasteiger partial charge is 0.205 e. The number of terminal acetylenes is 1. The molecule has 1 heterocycles. The molecule has 3 rings (SSSR count). The molecule has 1 aromatic heterocycles. The van der Waals surface area contributed by atoms with E-state index in [0.29, 0.717) is 5.82 Å². The van der Waals surface area contributed by atoms with Gasteiger partial charge in [-0.3, -0.25) is 0 Å². The van der Waals surface area contributed by atoms with Gasteiger partial charge >= 0.3 is 0 Å². The van der Waals surface area contributed by atoms with Gasteiger partial charge in [-0.15, -0.1) is 6.42 Å². The van der Waals surface area contributed by atoms with Gasteiger partial charge in [-0.1, -0.05) is 60.7 Å². The Bertz CT molecular complexity index is 756. The molecule has 0 N–H and O–H groups in total. The lowest BCUT2D eigenvalue weighted by Gasteiger charge is -2.09. The predicted molar refractivity (Wildman–Crippen MR) is 80.8 cm³/mol. The van der Waals surface area contributed by atoms with Crippen LogP contribution in [0.1, 0.15) is 5.82 Å². The Balaban J connectivity index is 2.23. The van der Waals surface area contributed by atoms with Crippen molar-refractivity contribution in [1.29, 1.82) is 0 Å². The van der Waals surface area contributed by atoms with Crippen molar-refractivity contribution in [1.82, 2.24) is 9.97 Å². The molecule has 2 nitrogen and oxygen atoms in total. The van der Waals surface area contributed by atoms with Crippen LogP contribution in [0.15, 0.2) is 66.9 Å². The molecular weight excluding hydrogens is 244 g/mol. The number of aromatic nitrogens is 2. The van der Waals surface area contributed by atoms with E-state index in [4.69, 9.17) is 6.42 Å². The van der Waals surface area contributed by atoms with Crippen LogP contribution in [0, 0.1) is 12.3 Å². The van der Waals surface area contributed by atoms with E-state index < -0.39 is 0 Å². The third-order valence-electron chi connectivity index (χ3n) is 3.05. The summed E-state index contributed by atoms with van der Waals surface area (Å²) in [5, 5.41) is 0. The maximum absolute atomic E-state index is 5.41. The van der Waals surface area contributed by atoms with Crippen molar-refractivity contribution < 1.29 is 0 Å². The van der Waals surface area contributed by atoms with Crippen molar-refractivity contribution in [3.63, 3.8) is 0 Å². The fraction of sp³-hybridized carbons (Fsp3) is 0. The molecule has 0 unspecified atom stereocenters. The highest BCUT2D eigenvalue weighted by Gasteiger charge is 2.10. The Morgan fingerprint density at radius 2 is 1.40 bits per heavy atom. The van der Waals surface area contributed by atoms with Crippen molar-refractivity contribution in [3.8, 4) is 34.7 Å². The van der Waals surface area contributed by atoms with E-state index in [1.807, 2.05) is 60.7 Å². The first-order valence-corrected chi connectivity index (χ1v) is 6.33. The molecule has 0 amide bonds. The maximum atomic E-state index is 5.41. The van der Waals surface area contributed by atoms with Crippen LogP contribution >= 0.6 is 0 Å². The Hall–Kier alpha value is -2.92. The van der Waals surface area contributed by atoms with Crippen molar-refractivity contribution in [2.24, 2.45) is 0 Å². The summed E-state index contributed by atoms with van der Waals surface area (Å²) in [6, 6.07) is 20.1. The Morgan fingerprint density at radius 1 is 0.800 bits per heavy atom. The number of benzene rings is 2. The topological polar surface area (TPSA) is 25.8 Å². The molecule has 0 aliphatic heterocycles. The van der Waals surface area contributed by atoms with Crippen molar-refractivity contribution in [2.45, 2.75) is 0 Å². The zero-order valence-corrected chi connectivity index (χ0v) is 10.8. The highest BCUT2D eigenvalue weighted by atomic mass is 14.9. The Labute approximate surface area is 118 Å². The summed E-state index contributed by atoms with van der Waals surface area (Å²) in [7, 11) is 0. The standard InChI is InChI=1S/C18H12N2/c1-2-17-19-13-16(14-9-5-3-6-10-14)18(20-17)15-11-7-4-8-12-15/h1,3-13H. The summed E-state index contributed by atoms with van der Waals surface area (Å²) >= 11 is 0. The molecule has 0 radical (unpaired) electrons. The van der Waals surface area contributed by atoms with Crippen LogP contribution in [-0.2, 0) is 0 Å². The second-order valence-electron chi connectivity index (χ2n) is 4.33. The molecule has 2 aromatic carbocycles. The summed E-state index contributed by atoms with van der Waals surface area (Å²) in [6.07, 6.45) is 7.20. The van der Waals surface area contributed by atoms with Crippen molar-refractivity contribution in [2.75, 3.05) is 0 Å². The second kappa shape index (κ2) is 5.38. The summed E-state index contributed by atoms with van der Waals surface area (Å²) in [4.78, 5) is 8.70. The number of nitrogens with zero attached hydrogens (tertiary/aromatic N) is 2. The number of hydrogen-bond donors (Lipinski definition) is 0. The Kier molecular flexibility index (Phi) is 3.26. The van der Waals surface area contributed by atoms with E-state index in [1.54, 1.807) is 6.20 Å². The van der Waals surface area contributed by atoms with E-state index in [9.17, 15) is 0 Å². The maximum Gasteiger partial charge on any atom is 0.205 e. The molecule has 0 saturated heterocycles. The van der Waals surface area contributed by atoms with Gasteiger partial charge in [0.1, 0.15) is 0 Å². The third-order valence-corrected chi connectivity index (χ3v) is 3.05. The minimum absolute atomic E-state index is 0.406. The molecule has 0 aliphatic rings. The first-order valence-electron chi connectivity index (χ1n) is 6.33. The third kappa shape index (κ3) is 2.30. The van der Waals surface area contributed by atoms with Gasteiger partial charge in [0.05, 0.1) is 5.69 Å². The molecule has 0 atom stereocenters. The normalized spacial score (nSPS) is 9.95. The molecule has 2 heteroatoms. The molecule has 0 bridgehead atoms. The van der Waals surface area contributed by atoms with Crippen LogP contribution < -0.4 is 0 Å². The average molecular weight is 256 g/mol. The van der Waals surface area contributed by atoms with E-state index in [2.05, 4.69) is 15.9 Å². The van der Waals surface area contributed by atoms with Crippen LogP contribution in [0.3, 0.4) is 0 Å². The van der Waals surface area contributed by atoms with Crippen LogP contribution in [0.4, 0.5) is 0 Å². The fourth-order valence-electron chi connectivity index (χ4n) is 2.10. The summed E-state index contributed by atoms with van der Waals surface area (Å²) < 4.78 is 0. The summed E-state index contributed by atoms with van der Waals surface area (Å²) in [5.74, 6) is 2.90. The van der Waals surface area contributed by atoms with Gasteiger partial charge in [-0.05, 0) is 11.5 Å². The molecule has 20 heavy (non-hydrogen) atoms. The quantitative estimate of drug-likeness (QED) is 0.652. The van der Waals surface area contributed by atoms with E-state index in [1.165, 1.54) is 0 Å². The van der Waals surface area contributed by atoms with Gasteiger partial charge in [0, 0.05) is 17.3 Å². The van der Waals surface area contributed by atoms with Gasteiger partial charge < -0.3 is 0 Å². The fourth-order valence-corrected chi connectivity index (χ4v) is 2.10. The van der Waals surface area contributed by atoms with E-state index in [0.717, 1.165) is 22.4 Å². The van der Waals surface area contributed by atoms with Gasteiger partial charge in [0.2, 0.25) is 5.82 Å². The van der Waals surface area contributed by atoms with Crippen molar-refractivity contribution in [3.05, 3.63) is 72.7 Å². The number of rotatable bonds is 2. The number of hydrogen-bond acceptors (Lipinski definition) is 2. The minimum Gasteiger partial charge on any atom is -0.229 e. The lowest BCUT2D eigenvalue weighted by atomic mass is 10.0. The summed E-state index contributed by atoms with van der Waals surface area (Å²) in [5.41, 5.74) is 3.95. The molecule has 3 aromatic rings. The zero-order valence-electron chi connectivity index (χ0n) is 10.8. The van der Waals surface area contributed by atoms with Gasteiger partial charge in [0.25, 0.3) is 0 Å². The molecular formula is C18H12N2. The van der Waals surface area contributed by atoms with Crippen LogP contribution in [0.2, 0.25) is 0 Å². The van der Waals surface area contributed by atoms with Crippen LogP contribution in [0.5, 0.6) is 0 Å². The first-order chi connectivity index (χ1) is 9.88. The van der Waals surface area contributed by atoms with Crippen LogP contribution in [0.25, 0.3) is 22.4 Å². The zero-order chi connectivity index (χ0) is 13.8. The molecule has 94 valence electrons. The van der Waals surface area contributed by atoms with Crippen LogP contribution in [-0.4, -0.2) is 9.97 Å². The molecule has 0 saturated carbocycles. The SMILES string of the molecule is C#Cc1ncc(-c2ccccc2)c(-c2ccccc2)n1. The molecule has 0 aliphatic carbocycles. The molecule has 0 fully saturated rings. The van der Waals surface area contributed by atoms with E-state index >= 15 is 0 Å². The van der Waals surface area contributed by atoms with E-state index in [-0.39, 0.29) is 0 Å². The van der Waals surface area contributed by atoms with Crippen molar-refractivity contribution >= 4 is 0 Å². The first kappa shape index (κ1) is 12.1. The second-order valence-corrected chi connectivity index (χ2v) is 4.33. The lowest BCUT2D eigenvalue weighted by molar-refractivity contribution is 1.13. The lowest BCUT2D eigenvalue weighted by Crippen LogP contribution is -1.95. The highest BCUT2D eigenvalue weighted by Crippen LogP contribution is 2.29. The average Bonchev–Trinajstić information content (AvgIpc) is 2.56. The largest absolute Gasteiger partial charge is 0.229 e.